The van der Waals surface area contributed by atoms with E-state index in [1.54, 1.807) is 0 Å². The Kier molecular flexibility index (Phi) is 3.75. The van der Waals surface area contributed by atoms with E-state index in [1.807, 2.05) is 24.5 Å². The van der Waals surface area contributed by atoms with E-state index >= 15 is 0 Å². The summed E-state index contributed by atoms with van der Waals surface area (Å²) in [5.74, 6) is 0.890. The van der Waals surface area contributed by atoms with E-state index in [0.717, 1.165) is 5.69 Å². The lowest BCUT2D eigenvalue weighted by atomic mass is 9.96. The van der Waals surface area contributed by atoms with Gasteiger partial charge in [-0.3, -0.25) is 9.97 Å². The molecule has 0 unspecified atom stereocenters. The van der Waals surface area contributed by atoms with Gasteiger partial charge in [0.2, 0.25) is 0 Å². The van der Waals surface area contributed by atoms with Crippen LogP contribution < -0.4 is 0 Å². The minimum absolute atomic E-state index is 0.423. The third-order valence-electron chi connectivity index (χ3n) is 3.08. The van der Waals surface area contributed by atoms with E-state index in [4.69, 9.17) is 4.98 Å². The zero-order chi connectivity index (χ0) is 13.1. The van der Waals surface area contributed by atoms with E-state index in [-0.39, 0.29) is 0 Å². The molecule has 0 aliphatic carbocycles. The summed E-state index contributed by atoms with van der Waals surface area (Å²) < 4.78 is 0. The highest BCUT2D eigenvalue weighted by atomic mass is 14.7. The van der Waals surface area contributed by atoms with Gasteiger partial charge >= 0.3 is 0 Å². The van der Waals surface area contributed by atoms with Crippen LogP contribution in [0.1, 0.15) is 50.9 Å². The second kappa shape index (κ2) is 5.30. The van der Waals surface area contributed by atoms with Crippen LogP contribution in [-0.2, 0) is 0 Å². The fourth-order valence-corrected chi connectivity index (χ4v) is 2.03. The average Bonchev–Trinajstić information content (AvgIpc) is 2.39. The lowest BCUT2D eigenvalue weighted by molar-refractivity contribution is 0.767. The number of pyridine rings is 2. The number of nitrogens with zero attached hydrogens (tertiary/aromatic N) is 2. The van der Waals surface area contributed by atoms with Crippen molar-refractivity contribution in [3.63, 3.8) is 0 Å². The highest BCUT2D eigenvalue weighted by Crippen LogP contribution is 2.29. The quantitative estimate of drug-likeness (QED) is 0.795. The number of hydrogen-bond donors (Lipinski definition) is 0. The fourth-order valence-electron chi connectivity index (χ4n) is 2.03. The van der Waals surface area contributed by atoms with Crippen LogP contribution in [0.5, 0.6) is 0 Å². The first-order valence-electron chi connectivity index (χ1n) is 6.51. The topological polar surface area (TPSA) is 25.8 Å². The lowest BCUT2D eigenvalue weighted by Crippen LogP contribution is -2.02. The summed E-state index contributed by atoms with van der Waals surface area (Å²) in [5, 5.41) is 0. The van der Waals surface area contributed by atoms with E-state index in [0.29, 0.717) is 11.8 Å². The van der Waals surface area contributed by atoms with Crippen LogP contribution in [0.2, 0.25) is 0 Å². The number of rotatable bonds is 3. The van der Waals surface area contributed by atoms with Crippen LogP contribution >= 0.6 is 0 Å². The minimum Gasteiger partial charge on any atom is -0.265 e. The van der Waals surface area contributed by atoms with Crippen molar-refractivity contribution in [2.75, 3.05) is 0 Å². The lowest BCUT2D eigenvalue weighted by Gasteiger charge is -2.15. The average molecular weight is 240 g/mol. The van der Waals surface area contributed by atoms with Gasteiger partial charge in [-0.2, -0.15) is 0 Å². The number of hydrogen-bond acceptors (Lipinski definition) is 2. The molecule has 0 saturated carbocycles. The Bertz CT molecular complexity index is 516. The Labute approximate surface area is 109 Å². The molecule has 2 rings (SSSR count). The second-order valence-electron chi connectivity index (χ2n) is 5.21. The Balaban J connectivity index is 2.54. The van der Waals surface area contributed by atoms with E-state index in [1.165, 1.54) is 16.8 Å². The van der Waals surface area contributed by atoms with Crippen molar-refractivity contribution < 1.29 is 0 Å². The molecule has 0 radical (unpaired) electrons. The van der Waals surface area contributed by atoms with Crippen LogP contribution in [0.25, 0.3) is 11.1 Å². The van der Waals surface area contributed by atoms with Crippen LogP contribution in [0.4, 0.5) is 0 Å². The summed E-state index contributed by atoms with van der Waals surface area (Å²) in [6.07, 6.45) is 3.66. The smallest absolute Gasteiger partial charge is 0.0510 e. The molecule has 0 amide bonds. The van der Waals surface area contributed by atoms with Gasteiger partial charge in [0.25, 0.3) is 0 Å². The van der Waals surface area contributed by atoms with Crippen molar-refractivity contribution in [1.82, 2.24) is 9.97 Å². The Hall–Kier alpha value is -1.70. The summed E-state index contributed by atoms with van der Waals surface area (Å²) in [4.78, 5) is 8.90. The molecule has 0 fully saturated rings. The van der Waals surface area contributed by atoms with Gasteiger partial charge in [-0.05, 0) is 35.6 Å². The Morgan fingerprint density at radius 2 is 1.50 bits per heavy atom. The van der Waals surface area contributed by atoms with Gasteiger partial charge < -0.3 is 0 Å². The third-order valence-corrected chi connectivity index (χ3v) is 3.08. The maximum atomic E-state index is 4.83. The molecule has 2 heterocycles. The van der Waals surface area contributed by atoms with Gasteiger partial charge in [-0.25, -0.2) is 0 Å². The molecule has 2 nitrogen and oxygen atoms in total. The standard InChI is InChI=1S/C16H20N2/c1-11(2)15-6-5-14(16(18-15)12(3)4)13-7-9-17-10-8-13/h5-12H,1-4H3. The van der Waals surface area contributed by atoms with Crippen LogP contribution in [-0.4, -0.2) is 9.97 Å². The molecule has 0 atom stereocenters. The monoisotopic (exact) mass is 240 g/mol. The van der Waals surface area contributed by atoms with Gasteiger partial charge in [-0.15, -0.1) is 0 Å². The van der Waals surface area contributed by atoms with Crippen molar-refractivity contribution in [3.8, 4) is 11.1 Å². The van der Waals surface area contributed by atoms with E-state index in [9.17, 15) is 0 Å². The van der Waals surface area contributed by atoms with Gasteiger partial charge in [0.1, 0.15) is 0 Å². The van der Waals surface area contributed by atoms with Crippen molar-refractivity contribution in [2.45, 2.75) is 39.5 Å². The molecule has 0 spiro atoms. The summed E-state index contributed by atoms with van der Waals surface area (Å²) in [6, 6.07) is 8.40. The van der Waals surface area contributed by atoms with Gasteiger partial charge in [0.05, 0.1) is 5.69 Å². The zero-order valence-electron chi connectivity index (χ0n) is 11.5. The van der Waals surface area contributed by atoms with Crippen molar-refractivity contribution in [2.24, 2.45) is 0 Å². The summed E-state index contributed by atoms with van der Waals surface area (Å²) in [7, 11) is 0. The minimum atomic E-state index is 0.423. The maximum Gasteiger partial charge on any atom is 0.0510 e. The highest BCUT2D eigenvalue weighted by molar-refractivity contribution is 5.66. The molecule has 0 aliphatic heterocycles. The SMILES string of the molecule is CC(C)c1ccc(-c2ccncc2)c(C(C)C)n1. The first-order chi connectivity index (χ1) is 8.59. The van der Waals surface area contributed by atoms with Crippen molar-refractivity contribution >= 4 is 0 Å². The largest absolute Gasteiger partial charge is 0.265 e. The molecule has 0 aromatic carbocycles. The second-order valence-corrected chi connectivity index (χ2v) is 5.21. The molecule has 0 saturated heterocycles. The maximum absolute atomic E-state index is 4.83. The summed E-state index contributed by atoms with van der Waals surface area (Å²) >= 11 is 0. The fraction of sp³-hybridized carbons (Fsp3) is 0.375. The molecule has 0 bridgehead atoms. The summed E-state index contributed by atoms with van der Waals surface area (Å²) in [6.45, 7) is 8.74. The molecule has 0 aliphatic rings. The molecule has 18 heavy (non-hydrogen) atoms. The Morgan fingerprint density at radius 3 is 2.06 bits per heavy atom. The zero-order valence-corrected chi connectivity index (χ0v) is 11.5. The molecule has 2 aromatic rings. The van der Waals surface area contributed by atoms with Crippen LogP contribution in [0.3, 0.4) is 0 Å². The normalized spacial score (nSPS) is 11.2. The number of aromatic nitrogens is 2. The van der Waals surface area contributed by atoms with Crippen molar-refractivity contribution in [3.05, 3.63) is 48.0 Å². The van der Waals surface area contributed by atoms with E-state index < -0.39 is 0 Å². The molecule has 0 N–H and O–H groups in total. The van der Waals surface area contributed by atoms with Gasteiger partial charge in [-0.1, -0.05) is 33.8 Å². The first kappa shape index (κ1) is 12.7. The molecular weight excluding hydrogens is 220 g/mol. The van der Waals surface area contributed by atoms with Gasteiger partial charge in [0, 0.05) is 23.7 Å². The first-order valence-corrected chi connectivity index (χ1v) is 6.51. The molecule has 2 heteroatoms. The van der Waals surface area contributed by atoms with E-state index in [2.05, 4.69) is 44.8 Å². The van der Waals surface area contributed by atoms with Crippen LogP contribution in [0.15, 0.2) is 36.7 Å². The Morgan fingerprint density at radius 1 is 0.833 bits per heavy atom. The highest BCUT2D eigenvalue weighted by Gasteiger charge is 2.12. The van der Waals surface area contributed by atoms with Crippen LogP contribution in [0, 0.1) is 0 Å². The molecular formula is C16H20N2. The van der Waals surface area contributed by atoms with Gasteiger partial charge in [0.15, 0.2) is 0 Å². The third kappa shape index (κ3) is 2.58. The predicted molar refractivity (Wildman–Crippen MR) is 75.6 cm³/mol. The molecule has 94 valence electrons. The predicted octanol–water partition coefficient (Wildman–Crippen LogP) is 4.39. The molecule has 2 aromatic heterocycles. The van der Waals surface area contributed by atoms with Crippen molar-refractivity contribution in [1.29, 1.82) is 0 Å². The summed E-state index contributed by atoms with van der Waals surface area (Å²) in [5.41, 5.74) is 4.75.